The van der Waals surface area contributed by atoms with Gasteiger partial charge in [0.2, 0.25) is 0 Å². The molecule has 0 amide bonds. The van der Waals surface area contributed by atoms with Gasteiger partial charge in [-0.25, -0.2) is 0 Å². The van der Waals surface area contributed by atoms with E-state index >= 15 is 0 Å². The molecule has 0 bridgehead atoms. The standard InChI is InChI=1S/C14H18O2S/c1-11(2)7-8-15-13-5-3-12(4-6-13)14-16-9-10-17-14/h3-7,14H,8-10H2,1-2H3. The zero-order chi connectivity index (χ0) is 12.1. The van der Waals surface area contributed by atoms with Gasteiger partial charge in [-0.2, -0.15) is 0 Å². The second kappa shape index (κ2) is 6.12. The Hall–Kier alpha value is -0.930. The summed E-state index contributed by atoms with van der Waals surface area (Å²) in [5.41, 5.74) is 2.71. The first kappa shape index (κ1) is 12.5. The monoisotopic (exact) mass is 250 g/mol. The summed E-state index contributed by atoms with van der Waals surface area (Å²) in [5, 5.41) is 0. The Morgan fingerprint density at radius 3 is 2.76 bits per heavy atom. The number of allylic oxidation sites excluding steroid dienone is 1. The molecule has 1 aliphatic rings. The molecule has 1 atom stereocenters. The highest BCUT2D eigenvalue weighted by molar-refractivity contribution is 7.99. The zero-order valence-corrected chi connectivity index (χ0v) is 11.1. The third-order valence-corrected chi connectivity index (χ3v) is 3.63. The van der Waals surface area contributed by atoms with Crippen molar-refractivity contribution in [2.24, 2.45) is 0 Å². The van der Waals surface area contributed by atoms with Gasteiger partial charge in [0.05, 0.1) is 6.61 Å². The molecule has 92 valence electrons. The molecule has 0 saturated carbocycles. The first-order valence-corrected chi connectivity index (χ1v) is 6.90. The van der Waals surface area contributed by atoms with Crippen LogP contribution in [0.25, 0.3) is 0 Å². The van der Waals surface area contributed by atoms with Crippen LogP contribution in [-0.2, 0) is 4.74 Å². The van der Waals surface area contributed by atoms with Gasteiger partial charge in [-0.05, 0) is 37.6 Å². The Morgan fingerprint density at radius 1 is 1.41 bits per heavy atom. The Morgan fingerprint density at radius 2 is 2.18 bits per heavy atom. The first-order chi connectivity index (χ1) is 8.25. The Labute approximate surface area is 107 Å². The molecule has 2 nitrogen and oxygen atoms in total. The van der Waals surface area contributed by atoms with Gasteiger partial charge in [0.1, 0.15) is 17.8 Å². The molecule has 0 aliphatic carbocycles. The van der Waals surface area contributed by atoms with Crippen LogP contribution in [0.15, 0.2) is 35.9 Å². The van der Waals surface area contributed by atoms with Crippen LogP contribution in [0.2, 0.25) is 0 Å². The van der Waals surface area contributed by atoms with Crippen molar-refractivity contribution in [3.63, 3.8) is 0 Å². The molecule has 1 unspecified atom stereocenters. The lowest BCUT2D eigenvalue weighted by Crippen LogP contribution is -1.96. The van der Waals surface area contributed by atoms with Gasteiger partial charge >= 0.3 is 0 Å². The van der Waals surface area contributed by atoms with E-state index in [0.29, 0.717) is 6.61 Å². The summed E-state index contributed by atoms with van der Waals surface area (Å²) < 4.78 is 11.2. The van der Waals surface area contributed by atoms with Crippen LogP contribution in [0, 0.1) is 0 Å². The van der Waals surface area contributed by atoms with Crippen LogP contribution in [0.5, 0.6) is 5.75 Å². The van der Waals surface area contributed by atoms with Crippen molar-refractivity contribution in [2.45, 2.75) is 19.3 Å². The molecule has 3 heteroatoms. The van der Waals surface area contributed by atoms with E-state index in [9.17, 15) is 0 Å². The molecular weight excluding hydrogens is 232 g/mol. The van der Waals surface area contributed by atoms with E-state index in [1.165, 1.54) is 11.1 Å². The number of benzene rings is 1. The molecule has 0 aromatic heterocycles. The van der Waals surface area contributed by atoms with Gasteiger partial charge in [-0.3, -0.25) is 0 Å². The number of thioether (sulfide) groups is 1. The fourth-order valence-electron chi connectivity index (χ4n) is 1.58. The molecule has 1 saturated heterocycles. The summed E-state index contributed by atoms with van der Waals surface area (Å²) in [5.74, 6) is 2.00. The van der Waals surface area contributed by atoms with Gasteiger partial charge in [-0.15, -0.1) is 11.8 Å². The summed E-state index contributed by atoms with van der Waals surface area (Å²) in [6.07, 6.45) is 2.07. The smallest absolute Gasteiger partial charge is 0.128 e. The van der Waals surface area contributed by atoms with Crippen LogP contribution in [0.3, 0.4) is 0 Å². The molecule has 0 spiro atoms. The van der Waals surface area contributed by atoms with Crippen molar-refractivity contribution in [3.05, 3.63) is 41.5 Å². The second-order valence-corrected chi connectivity index (χ2v) is 5.40. The minimum absolute atomic E-state index is 0.210. The minimum atomic E-state index is 0.210. The van der Waals surface area contributed by atoms with Crippen LogP contribution >= 0.6 is 11.8 Å². The topological polar surface area (TPSA) is 18.5 Å². The quantitative estimate of drug-likeness (QED) is 0.757. The number of hydrogen-bond acceptors (Lipinski definition) is 3. The van der Waals surface area contributed by atoms with Crippen molar-refractivity contribution in [1.82, 2.24) is 0 Å². The van der Waals surface area contributed by atoms with E-state index in [-0.39, 0.29) is 5.44 Å². The minimum Gasteiger partial charge on any atom is -0.490 e. The molecule has 1 aromatic rings. The predicted octanol–water partition coefficient (Wildman–Crippen LogP) is 3.79. The zero-order valence-electron chi connectivity index (χ0n) is 10.3. The largest absolute Gasteiger partial charge is 0.490 e. The molecular formula is C14H18O2S. The van der Waals surface area contributed by atoms with Crippen LogP contribution in [-0.4, -0.2) is 19.0 Å². The lowest BCUT2D eigenvalue weighted by molar-refractivity contribution is 0.145. The fourth-order valence-corrected chi connectivity index (χ4v) is 2.53. The van der Waals surface area contributed by atoms with Crippen molar-refractivity contribution < 1.29 is 9.47 Å². The Kier molecular flexibility index (Phi) is 4.51. The van der Waals surface area contributed by atoms with Crippen LogP contribution in [0.1, 0.15) is 24.8 Å². The number of hydrogen-bond donors (Lipinski definition) is 0. The van der Waals surface area contributed by atoms with Gasteiger partial charge in [0.15, 0.2) is 0 Å². The maximum atomic E-state index is 5.61. The van der Waals surface area contributed by atoms with Gasteiger partial charge < -0.3 is 9.47 Å². The van der Waals surface area contributed by atoms with Crippen molar-refractivity contribution in [2.75, 3.05) is 19.0 Å². The van der Waals surface area contributed by atoms with E-state index in [1.807, 2.05) is 23.9 Å². The van der Waals surface area contributed by atoms with E-state index in [1.54, 1.807) is 0 Å². The van der Waals surface area contributed by atoms with Crippen LogP contribution in [0.4, 0.5) is 0 Å². The number of rotatable bonds is 4. The summed E-state index contributed by atoms with van der Waals surface area (Å²) >= 11 is 1.85. The van der Waals surface area contributed by atoms with Crippen molar-refractivity contribution in [3.8, 4) is 5.75 Å². The third kappa shape index (κ3) is 3.79. The van der Waals surface area contributed by atoms with Crippen LogP contribution < -0.4 is 4.74 Å². The molecule has 0 N–H and O–H groups in total. The SMILES string of the molecule is CC(C)=CCOc1ccc(C2OCCS2)cc1. The fraction of sp³-hybridized carbons (Fsp3) is 0.429. The molecule has 1 aromatic carbocycles. The van der Waals surface area contributed by atoms with Gasteiger partial charge in [0.25, 0.3) is 0 Å². The average molecular weight is 250 g/mol. The molecule has 0 radical (unpaired) electrons. The molecule has 17 heavy (non-hydrogen) atoms. The maximum Gasteiger partial charge on any atom is 0.128 e. The predicted molar refractivity (Wildman–Crippen MR) is 72.5 cm³/mol. The van der Waals surface area contributed by atoms with Gasteiger partial charge in [-0.1, -0.05) is 17.7 Å². The normalized spacial score (nSPS) is 19.1. The average Bonchev–Trinajstić information content (AvgIpc) is 2.83. The summed E-state index contributed by atoms with van der Waals surface area (Å²) in [6, 6.07) is 8.19. The lowest BCUT2D eigenvalue weighted by atomic mass is 10.2. The lowest BCUT2D eigenvalue weighted by Gasteiger charge is -2.10. The highest BCUT2D eigenvalue weighted by Gasteiger charge is 2.17. The summed E-state index contributed by atoms with van der Waals surface area (Å²) in [6.45, 7) is 5.63. The van der Waals surface area contributed by atoms with Crippen molar-refractivity contribution in [1.29, 1.82) is 0 Å². The van der Waals surface area contributed by atoms with Crippen molar-refractivity contribution >= 4 is 11.8 Å². The van der Waals surface area contributed by atoms with E-state index < -0.39 is 0 Å². The molecule has 2 rings (SSSR count). The highest BCUT2D eigenvalue weighted by atomic mass is 32.2. The van der Waals surface area contributed by atoms with Gasteiger partial charge in [0, 0.05) is 5.75 Å². The summed E-state index contributed by atoms with van der Waals surface area (Å²) in [7, 11) is 0. The third-order valence-electron chi connectivity index (χ3n) is 2.52. The number of ether oxygens (including phenoxy) is 2. The highest BCUT2D eigenvalue weighted by Crippen LogP contribution is 2.35. The second-order valence-electron chi connectivity index (χ2n) is 4.24. The van der Waals surface area contributed by atoms with E-state index in [2.05, 4.69) is 32.1 Å². The Bertz CT molecular complexity index is 374. The molecule has 1 fully saturated rings. The van der Waals surface area contributed by atoms with E-state index in [4.69, 9.17) is 9.47 Å². The molecule has 1 heterocycles. The summed E-state index contributed by atoms with van der Waals surface area (Å²) in [4.78, 5) is 0. The van der Waals surface area contributed by atoms with E-state index in [0.717, 1.165) is 18.1 Å². The maximum absolute atomic E-state index is 5.61. The Balaban J connectivity index is 1.91. The molecule has 1 aliphatic heterocycles. The first-order valence-electron chi connectivity index (χ1n) is 5.85.